The third-order valence-corrected chi connectivity index (χ3v) is 6.76. The highest BCUT2D eigenvalue weighted by Gasteiger charge is 2.29. The van der Waals surface area contributed by atoms with Gasteiger partial charge in [0.15, 0.2) is 0 Å². The number of carbonyl (C=O) groups is 2. The number of likely N-dealkylation sites (N-methyl/N-ethyl adjacent to an activating group) is 1. The molecule has 0 bridgehead atoms. The Morgan fingerprint density at radius 2 is 1.46 bits per heavy atom. The van der Waals surface area contributed by atoms with Crippen molar-refractivity contribution < 1.29 is 9.59 Å². The highest BCUT2D eigenvalue weighted by Crippen LogP contribution is 2.23. The summed E-state index contributed by atoms with van der Waals surface area (Å²) in [5.41, 5.74) is 4.49. The zero-order chi connectivity index (χ0) is 25.4. The summed E-state index contributed by atoms with van der Waals surface area (Å²) in [6, 6.07) is 25.6. The molecule has 0 aliphatic carbocycles. The summed E-state index contributed by atoms with van der Waals surface area (Å²) in [6.07, 6.45) is 1.43. The number of hydrogen-bond acceptors (Lipinski definition) is 2. The minimum atomic E-state index is -0.596. The van der Waals surface area contributed by atoms with Crippen molar-refractivity contribution in [2.45, 2.75) is 58.0 Å². The Morgan fingerprint density at radius 3 is 2.03 bits per heavy atom. The van der Waals surface area contributed by atoms with Crippen LogP contribution in [-0.2, 0) is 34.4 Å². The SMILES string of the molecule is CNC(=O)[C@@H](Cc1ccccc1)N(Cc1ccc(Br)cc1)C(=O)CCc1ccc(C(C)(C)C)cc1. The Morgan fingerprint density at radius 1 is 0.857 bits per heavy atom. The van der Waals surface area contributed by atoms with E-state index in [2.05, 4.69) is 66.3 Å². The van der Waals surface area contributed by atoms with E-state index in [1.165, 1.54) is 5.56 Å². The third kappa shape index (κ3) is 7.79. The lowest BCUT2D eigenvalue weighted by atomic mass is 9.86. The molecule has 0 saturated carbocycles. The van der Waals surface area contributed by atoms with Gasteiger partial charge in [-0.05, 0) is 46.2 Å². The lowest BCUT2D eigenvalue weighted by molar-refractivity contribution is -0.141. The molecule has 0 spiro atoms. The molecule has 1 N–H and O–H groups in total. The van der Waals surface area contributed by atoms with E-state index in [0.717, 1.165) is 21.2 Å². The first-order valence-corrected chi connectivity index (χ1v) is 12.9. The van der Waals surface area contributed by atoms with Crippen LogP contribution in [0.25, 0.3) is 0 Å². The first-order chi connectivity index (χ1) is 16.7. The molecule has 0 fully saturated rings. The van der Waals surface area contributed by atoms with Gasteiger partial charge in [-0.3, -0.25) is 9.59 Å². The van der Waals surface area contributed by atoms with E-state index < -0.39 is 6.04 Å². The number of hydrogen-bond donors (Lipinski definition) is 1. The monoisotopic (exact) mass is 534 g/mol. The Balaban J connectivity index is 1.83. The lowest BCUT2D eigenvalue weighted by Gasteiger charge is -2.31. The van der Waals surface area contributed by atoms with Crippen LogP contribution in [0.3, 0.4) is 0 Å². The van der Waals surface area contributed by atoms with Gasteiger partial charge in [-0.25, -0.2) is 0 Å². The fourth-order valence-corrected chi connectivity index (χ4v) is 4.34. The minimum Gasteiger partial charge on any atom is -0.357 e. The van der Waals surface area contributed by atoms with Gasteiger partial charge >= 0.3 is 0 Å². The topological polar surface area (TPSA) is 49.4 Å². The number of halogens is 1. The van der Waals surface area contributed by atoms with Crippen LogP contribution in [0.2, 0.25) is 0 Å². The van der Waals surface area contributed by atoms with Crippen molar-refractivity contribution in [2.24, 2.45) is 0 Å². The molecule has 3 aromatic rings. The van der Waals surface area contributed by atoms with Crippen molar-refractivity contribution in [3.63, 3.8) is 0 Å². The van der Waals surface area contributed by atoms with Crippen LogP contribution in [-0.4, -0.2) is 29.8 Å². The third-order valence-electron chi connectivity index (χ3n) is 6.23. The number of aryl methyl sites for hydroxylation is 1. The molecule has 3 aromatic carbocycles. The highest BCUT2D eigenvalue weighted by atomic mass is 79.9. The van der Waals surface area contributed by atoms with Crippen molar-refractivity contribution in [2.75, 3.05) is 7.05 Å². The van der Waals surface area contributed by atoms with Crippen LogP contribution >= 0.6 is 15.9 Å². The second-order valence-corrected chi connectivity index (χ2v) is 10.8. The number of benzene rings is 3. The zero-order valence-corrected chi connectivity index (χ0v) is 22.6. The van der Waals surface area contributed by atoms with E-state index >= 15 is 0 Å². The normalized spacial score (nSPS) is 12.1. The summed E-state index contributed by atoms with van der Waals surface area (Å²) >= 11 is 3.47. The number of nitrogens with zero attached hydrogens (tertiary/aromatic N) is 1. The van der Waals surface area contributed by atoms with Gasteiger partial charge in [0.1, 0.15) is 6.04 Å². The maximum atomic E-state index is 13.6. The summed E-state index contributed by atoms with van der Waals surface area (Å²) in [4.78, 5) is 28.3. The summed E-state index contributed by atoms with van der Waals surface area (Å²) in [5.74, 6) is -0.189. The Labute approximate surface area is 217 Å². The van der Waals surface area contributed by atoms with Gasteiger partial charge in [0.2, 0.25) is 11.8 Å². The lowest BCUT2D eigenvalue weighted by Crippen LogP contribution is -2.49. The van der Waals surface area contributed by atoms with Gasteiger partial charge in [-0.15, -0.1) is 0 Å². The van der Waals surface area contributed by atoms with E-state index in [9.17, 15) is 9.59 Å². The fourth-order valence-electron chi connectivity index (χ4n) is 4.07. The predicted molar refractivity (Wildman–Crippen MR) is 146 cm³/mol. The van der Waals surface area contributed by atoms with Gasteiger partial charge in [-0.1, -0.05) is 103 Å². The predicted octanol–water partition coefficient (Wildman–Crippen LogP) is 6.07. The number of rotatable bonds is 9. The van der Waals surface area contributed by atoms with Crippen molar-refractivity contribution in [1.82, 2.24) is 10.2 Å². The van der Waals surface area contributed by atoms with Gasteiger partial charge in [-0.2, -0.15) is 0 Å². The molecule has 5 heteroatoms. The molecular weight excluding hydrogens is 500 g/mol. The molecule has 4 nitrogen and oxygen atoms in total. The Bertz CT molecular complexity index is 1100. The first kappa shape index (κ1) is 26.7. The molecule has 1 atom stereocenters. The highest BCUT2D eigenvalue weighted by molar-refractivity contribution is 9.10. The van der Waals surface area contributed by atoms with Crippen LogP contribution in [0.4, 0.5) is 0 Å². The molecule has 35 heavy (non-hydrogen) atoms. The Hall–Kier alpha value is -2.92. The summed E-state index contributed by atoms with van der Waals surface area (Å²) in [5, 5.41) is 2.77. The maximum absolute atomic E-state index is 13.6. The van der Waals surface area contributed by atoms with Crippen LogP contribution in [0, 0.1) is 0 Å². The standard InChI is InChI=1S/C30H35BrN2O2/c1-30(2,3)25-15-10-22(11-16-25)14-19-28(34)33(21-24-12-17-26(31)18-13-24)27(29(35)32-4)20-23-8-6-5-7-9-23/h5-13,15-18,27H,14,19-21H2,1-4H3,(H,32,35)/t27-/m1/s1. The molecule has 0 radical (unpaired) electrons. The van der Waals surface area contributed by atoms with E-state index in [1.54, 1.807) is 11.9 Å². The summed E-state index contributed by atoms with van der Waals surface area (Å²) in [7, 11) is 1.62. The molecule has 0 saturated heterocycles. The summed E-state index contributed by atoms with van der Waals surface area (Å²) in [6.45, 7) is 6.95. The van der Waals surface area contributed by atoms with Crippen molar-refractivity contribution in [3.8, 4) is 0 Å². The molecule has 0 aliphatic rings. The van der Waals surface area contributed by atoms with E-state index in [-0.39, 0.29) is 17.2 Å². The van der Waals surface area contributed by atoms with Crippen LogP contribution in [0.15, 0.2) is 83.3 Å². The smallest absolute Gasteiger partial charge is 0.242 e. The number of amides is 2. The van der Waals surface area contributed by atoms with Gasteiger partial charge in [0.05, 0.1) is 0 Å². The molecule has 2 amide bonds. The number of carbonyl (C=O) groups excluding carboxylic acids is 2. The number of nitrogens with one attached hydrogen (secondary N) is 1. The molecule has 0 aliphatic heterocycles. The van der Waals surface area contributed by atoms with E-state index in [4.69, 9.17) is 0 Å². The van der Waals surface area contributed by atoms with Gasteiger partial charge in [0, 0.05) is 30.9 Å². The summed E-state index contributed by atoms with van der Waals surface area (Å²) < 4.78 is 0.977. The second-order valence-electron chi connectivity index (χ2n) is 9.91. The van der Waals surface area contributed by atoms with E-state index in [1.807, 2.05) is 54.6 Å². The van der Waals surface area contributed by atoms with Crippen molar-refractivity contribution in [3.05, 3.63) is 106 Å². The van der Waals surface area contributed by atoms with Gasteiger partial charge in [0.25, 0.3) is 0 Å². The fraction of sp³-hybridized carbons (Fsp3) is 0.333. The molecule has 0 heterocycles. The van der Waals surface area contributed by atoms with E-state index in [0.29, 0.717) is 25.8 Å². The van der Waals surface area contributed by atoms with Crippen LogP contribution in [0.1, 0.15) is 49.4 Å². The average molecular weight is 536 g/mol. The molecular formula is C30H35BrN2O2. The molecule has 184 valence electrons. The van der Waals surface area contributed by atoms with Crippen LogP contribution in [0.5, 0.6) is 0 Å². The zero-order valence-electron chi connectivity index (χ0n) is 21.1. The maximum Gasteiger partial charge on any atom is 0.242 e. The van der Waals surface area contributed by atoms with Crippen molar-refractivity contribution in [1.29, 1.82) is 0 Å². The largest absolute Gasteiger partial charge is 0.357 e. The average Bonchev–Trinajstić information content (AvgIpc) is 2.85. The molecule has 3 rings (SSSR count). The Kier molecular flexibility index (Phi) is 9.27. The molecule has 0 unspecified atom stereocenters. The van der Waals surface area contributed by atoms with Crippen molar-refractivity contribution >= 4 is 27.7 Å². The van der Waals surface area contributed by atoms with Gasteiger partial charge < -0.3 is 10.2 Å². The van der Waals surface area contributed by atoms with Crippen LogP contribution < -0.4 is 5.32 Å². The minimum absolute atomic E-state index is 0.0302. The quantitative estimate of drug-likeness (QED) is 0.362. The molecule has 0 aromatic heterocycles. The second kappa shape index (κ2) is 12.2. The first-order valence-electron chi connectivity index (χ1n) is 12.1.